The second kappa shape index (κ2) is 9.70. The molecule has 0 saturated heterocycles. The third-order valence-electron chi connectivity index (χ3n) is 5.08. The van der Waals surface area contributed by atoms with Gasteiger partial charge in [0.25, 0.3) is 0 Å². The normalized spacial score (nSPS) is 10.9. The highest BCUT2D eigenvalue weighted by molar-refractivity contribution is 6.39. The average molecular weight is 453 g/mol. The summed E-state index contributed by atoms with van der Waals surface area (Å²) < 4.78 is 7.23. The maximum Gasteiger partial charge on any atom is 0.329 e. The molecule has 32 heavy (non-hydrogen) atoms. The van der Waals surface area contributed by atoms with Gasteiger partial charge >= 0.3 is 11.8 Å². The zero-order valence-corrected chi connectivity index (χ0v) is 19.4. The predicted octanol–water partition coefficient (Wildman–Crippen LogP) is 4.46. The molecule has 0 spiro atoms. The lowest BCUT2D eigenvalue weighted by atomic mass is 10.1. The summed E-state index contributed by atoms with van der Waals surface area (Å²) in [6, 6.07) is 13.1. The number of hydrogen-bond donors (Lipinski definition) is 2. The van der Waals surface area contributed by atoms with Crippen molar-refractivity contribution in [1.29, 1.82) is 0 Å². The number of rotatable bonds is 5. The highest BCUT2D eigenvalue weighted by atomic mass is 35.5. The topological polar surface area (TPSA) is 84.7 Å². The van der Waals surface area contributed by atoms with Crippen LogP contribution in [0.5, 0.6) is 5.75 Å². The van der Waals surface area contributed by atoms with Crippen molar-refractivity contribution in [2.45, 2.75) is 27.7 Å². The van der Waals surface area contributed by atoms with E-state index in [4.69, 9.17) is 16.3 Å². The van der Waals surface area contributed by atoms with Gasteiger partial charge in [0.05, 0.1) is 18.3 Å². The number of aryl methyl sites for hydroxylation is 3. The standard InChI is InChI=1S/C24H25ClN4O3/c1-14-6-7-15(2)21(10-14)27-23(30)24(31)28-26-13-18-11-16(3)29(17(18)4)19-8-9-22(32-5)20(25)12-19/h6-13H,1-5H3,(H,27,30)(H,28,31)/b26-13-. The van der Waals surface area contributed by atoms with Crippen LogP contribution in [0.25, 0.3) is 5.69 Å². The number of anilines is 1. The second-order valence-electron chi connectivity index (χ2n) is 7.45. The van der Waals surface area contributed by atoms with Crippen molar-refractivity contribution in [3.8, 4) is 11.4 Å². The number of halogens is 1. The maximum atomic E-state index is 12.2. The number of hydrogen-bond acceptors (Lipinski definition) is 4. The van der Waals surface area contributed by atoms with Crippen LogP contribution in [-0.2, 0) is 9.59 Å². The van der Waals surface area contributed by atoms with Crippen LogP contribution in [0.3, 0.4) is 0 Å². The summed E-state index contributed by atoms with van der Waals surface area (Å²) in [7, 11) is 1.57. The van der Waals surface area contributed by atoms with Crippen LogP contribution >= 0.6 is 11.6 Å². The van der Waals surface area contributed by atoms with E-state index in [-0.39, 0.29) is 0 Å². The first-order valence-electron chi connectivity index (χ1n) is 9.95. The SMILES string of the molecule is COc1ccc(-n2c(C)cc(/C=N\NC(=O)C(=O)Nc3cc(C)ccc3C)c2C)cc1Cl. The Morgan fingerprint density at radius 3 is 2.47 bits per heavy atom. The van der Waals surface area contributed by atoms with Gasteiger partial charge in [0, 0.05) is 28.3 Å². The van der Waals surface area contributed by atoms with Crippen LogP contribution in [0, 0.1) is 27.7 Å². The molecule has 2 amide bonds. The molecule has 0 aliphatic heterocycles. The Morgan fingerprint density at radius 2 is 1.78 bits per heavy atom. The number of aromatic nitrogens is 1. The van der Waals surface area contributed by atoms with E-state index in [1.54, 1.807) is 13.2 Å². The first kappa shape index (κ1) is 23.1. The molecule has 0 aliphatic carbocycles. The fourth-order valence-corrected chi connectivity index (χ4v) is 3.62. The van der Waals surface area contributed by atoms with Gasteiger partial charge in [0.15, 0.2) is 0 Å². The first-order chi connectivity index (χ1) is 15.2. The van der Waals surface area contributed by atoms with E-state index in [1.807, 2.05) is 68.7 Å². The van der Waals surface area contributed by atoms with Gasteiger partial charge in [0.1, 0.15) is 5.75 Å². The smallest absolute Gasteiger partial charge is 0.329 e. The molecule has 1 heterocycles. The Bertz CT molecular complexity index is 1210. The molecule has 8 heteroatoms. The van der Waals surface area contributed by atoms with Gasteiger partial charge in [0.2, 0.25) is 0 Å². The van der Waals surface area contributed by atoms with E-state index < -0.39 is 11.8 Å². The van der Waals surface area contributed by atoms with Crippen molar-refractivity contribution in [2.24, 2.45) is 5.10 Å². The maximum absolute atomic E-state index is 12.2. The monoisotopic (exact) mass is 452 g/mol. The first-order valence-corrected chi connectivity index (χ1v) is 10.3. The number of nitrogens with zero attached hydrogens (tertiary/aromatic N) is 2. The summed E-state index contributed by atoms with van der Waals surface area (Å²) in [4.78, 5) is 24.3. The van der Waals surface area contributed by atoms with Crippen molar-refractivity contribution >= 4 is 35.3 Å². The molecule has 2 aromatic carbocycles. The van der Waals surface area contributed by atoms with Crippen molar-refractivity contribution < 1.29 is 14.3 Å². The van der Waals surface area contributed by atoms with Gasteiger partial charge in [-0.1, -0.05) is 23.7 Å². The highest BCUT2D eigenvalue weighted by Crippen LogP contribution is 2.29. The molecule has 7 nitrogen and oxygen atoms in total. The number of carbonyl (C=O) groups excluding carboxylic acids is 2. The Hall–Kier alpha value is -3.58. The minimum Gasteiger partial charge on any atom is -0.495 e. The molecule has 0 aliphatic rings. The Labute approximate surface area is 192 Å². The van der Waals surface area contributed by atoms with E-state index >= 15 is 0 Å². The van der Waals surface area contributed by atoms with Crippen LogP contribution in [0.4, 0.5) is 5.69 Å². The van der Waals surface area contributed by atoms with Gasteiger partial charge < -0.3 is 14.6 Å². The lowest BCUT2D eigenvalue weighted by Crippen LogP contribution is -2.32. The fourth-order valence-electron chi connectivity index (χ4n) is 3.37. The molecule has 0 bridgehead atoms. The summed E-state index contributed by atoms with van der Waals surface area (Å²) in [6.45, 7) is 7.66. The van der Waals surface area contributed by atoms with Crippen molar-refractivity contribution in [3.05, 3.63) is 75.6 Å². The van der Waals surface area contributed by atoms with Crippen LogP contribution in [0.1, 0.15) is 28.1 Å². The summed E-state index contributed by atoms with van der Waals surface area (Å²) in [5, 5.41) is 7.07. The predicted molar refractivity (Wildman–Crippen MR) is 127 cm³/mol. The molecule has 3 rings (SSSR count). The van der Waals surface area contributed by atoms with Gasteiger partial charge in [-0.05, 0) is 69.2 Å². The van der Waals surface area contributed by atoms with E-state index in [0.717, 1.165) is 33.8 Å². The quantitative estimate of drug-likeness (QED) is 0.340. The molecule has 0 atom stereocenters. The number of nitrogens with one attached hydrogen (secondary N) is 2. The number of benzene rings is 2. The van der Waals surface area contributed by atoms with Crippen molar-refractivity contribution in [3.63, 3.8) is 0 Å². The Balaban J connectivity index is 1.71. The van der Waals surface area contributed by atoms with E-state index in [9.17, 15) is 9.59 Å². The van der Waals surface area contributed by atoms with Crippen LogP contribution < -0.4 is 15.5 Å². The molecule has 2 N–H and O–H groups in total. The third kappa shape index (κ3) is 5.00. The minimum atomic E-state index is -0.849. The molecular weight excluding hydrogens is 428 g/mol. The molecule has 0 saturated carbocycles. The lowest BCUT2D eigenvalue weighted by molar-refractivity contribution is -0.136. The fraction of sp³-hybridized carbons (Fsp3) is 0.208. The van der Waals surface area contributed by atoms with Gasteiger partial charge in [-0.25, -0.2) is 5.43 Å². The molecule has 0 fully saturated rings. The molecule has 166 valence electrons. The van der Waals surface area contributed by atoms with E-state index in [1.165, 1.54) is 6.21 Å². The van der Waals surface area contributed by atoms with E-state index in [2.05, 4.69) is 15.8 Å². The summed E-state index contributed by atoms with van der Waals surface area (Å²) in [6.07, 6.45) is 1.51. The van der Waals surface area contributed by atoms with Crippen molar-refractivity contribution in [1.82, 2.24) is 9.99 Å². The Kier molecular flexibility index (Phi) is 7.00. The summed E-state index contributed by atoms with van der Waals surface area (Å²) in [5.74, 6) is -1.03. The molecule has 0 unspecified atom stereocenters. The minimum absolute atomic E-state index is 0.509. The van der Waals surface area contributed by atoms with Crippen LogP contribution in [0.2, 0.25) is 5.02 Å². The zero-order chi connectivity index (χ0) is 23.4. The number of amides is 2. The highest BCUT2D eigenvalue weighted by Gasteiger charge is 2.15. The van der Waals surface area contributed by atoms with Gasteiger partial charge in [-0.15, -0.1) is 0 Å². The molecular formula is C24H25ClN4O3. The number of methoxy groups -OCH3 is 1. The summed E-state index contributed by atoms with van der Waals surface area (Å²) in [5.41, 5.74) is 8.26. The number of ether oxygens (including phenoxy) is 1. The largest absolute Gasteiger partial charge is 0.495 e. The van der Waals surface area contributed by atoms with Crippen molar-refractivity contribution in [2.75, 3.05) is 12.4 Å². The third-order valence-corrected chi connectivity index (χ3v) is 5.38. The number of carbonyl (C=O) groups is 2. The van der Waals surface area contributed by atoms with Gasteiger partial charge in [-0.2, -0.15) is 5.10 Å². The van der Waals surface area contributed by atoms with Crippen LogP contribution in [0.15, 0.2) is 47.6 Å². The molecule has 3 aromatic rings. The number of hydrazone groups is 1. The summed E-state index contributed by atoms with van der Waals surface area (Å²) >= 11 is 6.27. The zero-order valence-electron chi connectivity index (χ0n) is 18.6. The van der Waals surface area contributed by atoms with Crippen LogP contribution in [-0.4, -0.2) is 29.7 Å². The Morgan fingerprint density at radius 1 is 1.03 bits per heavy atom. The lowest BCUT2D eigenvalue weighted by Gasteiger charge is -2.11. The van der Waals surface area contributed by atoms with E-state index in [0.29, 0.717) is 16.5 Å². The molecule has 1 aromatic heterocycles. The van der Waals surface area contributed by atoms with Gasteiger partial charge in [-0.3, -0.25) is 9.59 Å². The molecule has 0 radical (unpaired) electrons. The second-order valence-corrected chi connectivity index (χ2v) is 7.86. The average Bonchev–Trinajstić information content (AvgIpc) is 3.03.